The molecule has 0 saturated heterocycles. The van der Waals surface area contributed by atoms with Crippen LogP contribution in [0, 0.1) is 0 Å². The van der Waals surface area contributed by atoms with Gasteiger partial charge in [-0.3, -0.25) is 4.79 Å². The van der Waals surface area contributed by atoms with Gasteiger partial charge in [0.25, 0.3) is 0 Å². The minimum absolute atomic E-state index is 0.0689. The summed E-state index contributed by atoms with van der Waals surface area (Å²) in [6.07, 6.45) is 20.2. The van der Waals surface area contributed by atoms with Gasteiger partial charge in [-0.25, -0.2) is 13.6 Å². The van der Waals surface area contributed by atoms with Crippen molar-refractivity contribution in [1.29, 1.82) is 0 Å². The average Bonchev–Trinajstić information content (AvgIpc) is 2.74. The third kappa shape index (κ3) is 17.1. The van der Waals surface area contributed by atoms with Crippen LogP contribution in [0.25, 0.3) is 0 Å². The highest BCUT2D eigenvalue weighted by Gasteiger charge is 2.15. The van der Waals surface area contributed by atoms with Crippen LogP contribution >= 0.6 is 0 Å². The summed E-state index contributed by atoms with van der Waals surface area (Å²) in [4.78, 5) is 11.9. The Morgan fingerprint density at radius 2 is 1.21 bits per heavy atom. The van der Waals surface area contributed by atoms with E-state index in [2.05, 4.69) is 0 Å². The molecule has 0 aliphatic carbocycles. The Balaban J connectivity index is 1.84. The van der Waals surface area contributed by atoms with Gasteiger partial charge in [0, 0.05) is 6.42 Å². The van der Waals surface area contributed by atoms with E-state index >= 15 is 0 Å². The first-order valence-electron chi connectivity index (χ1n) is 13.4. The first-order chi connectivity index (χ1) is 16.1. The Morgan fingerprint density at radius 1 is 0.765 bits per heavy atom. The Kier molecular flexibility index (Phi) is 15.4. The molecule has 2 N–H and O–H groups in total. The van der Waals surface area contributed by atoms with E-state index in [0.29, 0.717) is 6.42 Å². The van der Waals surface area contributed by atoms with E-state index in [-0.39, 0.29) is 16.5 Å². The number of aryl methyl sites for hydroxylation is 1. The number of carbonyl (C=O) groups excluding carboxylic acids is 1. The number of esters is 1. The fraction of sp³-hybridized carbons (Fsp3) is 0.750. The molecular weight excluding hydrogens is 446 g/mol. The van der Waals surface area contributed by atoms with E-state index in [1.54, 1.807) is 18.2 Å². The fourth-order valence-electron chi connectivity index (χ4n) is 4.17. The first-order valence-corrected chi connectivity index (χ1v) is 15.0. The van der Waals surface area contributed by atoms with Crippen molar-refractivity contribution in [3.05, 3.63) is 29.8 Å². The molecule has 0 spiro atoms. The lowest BCUT2D eigenvalue weighted by atomic mass is 10.0. The fourth-order valence-corrected chi connectivity index (χ4v) is 4.75. The molecule has 0 aromatic heterocycles. The van der Waals surface area contributed by atoms with Crippen LogP contribution in [-0.2, 0) is 26.0 Å². The zero-order valence-electron chi connectivity index (χ0n) is 21.9. The second-order valence-electron chi connectivity index (χ2n) is 10.6. The van der Waals surface area contributed by atoms with Crippen LogP contribution in [0.1, 0.15) is 129 Å². The van der Waals surface area contributed by atoms with E-state index in [1.165, 1.54) is 77.0 Å². The van der Waals surface area contributed by atoms with Gasteiger partial charge >= 0.3 is 5.97 Å². The molecule has 0 bridgehead atoms. The maximum atomic E-state index is 11.7. The maximum absolute atomic E-state index is 11.7. The average molecular weight is 496 g/mol. The number of benzene rings is 1. The van der Waals surface area contributed by atoms with E-state index in [4.69, 9.17) is 9.88 Å². The summed E-state index contributed by atoms with van der Waals surface area (Å²) in [6, 6.07) is 6.99. The predicted molar refractivity (Wildman–Crippen MR) is 141 cm³/mol. The van der Waals surface area contributed by atoms with Crippen LogP contribution in [0.5, 0.6) is 0 Å². The van der Waals surface area contributed by atoms with Gasteiger partial charge in [0.05, 0.1) is 4.90 Å². The molecule has 0 amide bonds. The molecule has 0 aliphatic rings. The first kappa shape index (κ1) is 30.6. The number of rotatable bonds is 19. The van der Waals surface area contributed by atoms with Crippen molar-refractivity contribution in [2.75, 3.05) is 0 Å². The molecule has 6 heteroatoms. The zero-order chi connectivity index (χ0) is 25.3. The number of nitrogens with two attached hydrogens (primary N) is 1. The highest BCUT2D eigenvalue weighted by Crippen LogP contribution is 2.16. The summed E-state index contributed by atoms with van der Waals surface area (Å²) >= 11 is 0. The SMILES string of the molecule is CC(C)(C)OC(=O)CCCCCCCCCCCCCCCCCc1cccc(S(N)(=O)=O)c1. The highest BCUT2D eigenvalue weighted by molar-refractivity contribution is 7.89. The second kappa shape index (κ2) is 17.1. The van der Waals surface area contributed by atoms with Crippen molar-refractivity contribution in [1.82, 2.24) is 0 Å². The molecule has 1 rings (SSSR count). The number of carbonyl (C=O) groups is 1. The van der Waals surface area contributed by atoms with Gasteiger partial charge in [0.2, 0.25) is 10.0 Å². The second-order valence-corrected chi connectivity index (χ2v) is 12.1. The monoisotopic (exact) mass is 495 g/mol. The van der Waals surface area contributed by atoms with Gasteiger partial charge in [-0.1, -0.05) is 95.6 Å². The van der Waals surface area contributed by atoms with Crippen LogP contribution in [-0.4, -0.2) is 20.0 Å². The quantitative estimate of drug-likeness (QED) is 0.159. The molecule has 0 unspecified atom stereocenters. The molecule has 196 valence electrons. The van der Waals surface area contributed by atoms with Crippen LogP contribution in [0.4, 0.5) is 0 Å². The number of hydrogen-bond donors (Lipinski definition) is 1. The molecule has 5 nitrogen and oxygen atoms in total. The van der Waals surface area contributed by atoms with Gasteiger partial charge < -0.3 is 4.74 Å². The minimum atomic E-state index is -3.61. The number of unbranched alkanes of at least 4 members (excludes halogenated alkanes) is 14. The molecule has 1 aromatic rings. The van der Waals surface area contributed by atoms with Crippen LogP contribution in [0.2, 0.25) is 0 Å². The number of ether oxygens (including phenoxy) is 1. The summed E-state index contributed by atoms with van der Waals surface area (Å²) in [6.45, 7) is 5.74. The Morgan fingerprint density at radius 3 is 1.65 bits per heavy atom. The summed E-state index contributed by atoms with van der Waals surface area (Å²) in [5.41, 5.74) is 0.679. The molecule has 0 radical (unpaired) electrons. The third-order valence-electron chi connectivity index (χ3n) is 5.99. The van der Waals surface area contributed by atoms with E-state index < -0.39 is 10.0 Å². The van der Waals surface area contributed by atoms with Crippen molar-refractivity contribution < 1.29 is 17.9 Å². The molecule has 0 heterocycles. The predicted octanol–water partition coefficient (Wildman–Crippen LogP) is 7.46. The van der Waals surface area contributed by atoms with Crippen molar-refractivity contribution in [2.24, 2.45) is 5.14 Å². The topological polar surface area (TPSA) is 86.5 Å². The largest absolute Gasteiger partial charge is 0.460 e. The Bertz CT molecular complexity index is 784. The maximum Gasteiger partial charge on any atom is 0.306 e. The van der Waals surface area contributed by atoms with E-state index in [0.717, 1.165) is 31.2 Å². The lowest BCUT2D eigenvalue weighted by Crippen LogP contribution is -2.23. The van der Waals surface area contributed by atoms with Crippen LogP contribution < -0.4 is 5.14 Å². The zero-order valence-corrected chi connectivity index (χ0v) is 22.8. The van der Waals surface area contributed by atoms with Gasteiger partial charge in [0.15, 0.2) is 0 Å². The highest BCUT2D eigenvalue weighted by atomic mass is 32.2. The summed E-state index contributed by atoms with van der Waals surface area (Å²) in [7, 11) is -3.61. The Labute approximate surface area is 209 Å². The smallest absolute Gasteiger partial charge is 0.306 e. The Hall–Kier alpha value is -1.40. The summed E-state index contributed by atoms with van der Waals surface area (Å²) < 4.78 is 28.2. The van der Waals surface area contributed by atoms with Crippen molar-refractivity contribution in [3.8, 4) is 0 Å². The van der Waals surface area contributed by atoms with Crippen molar-refractivity contribution in [3.63, 3.8) is 0 Å². The molecule has 0 aliphatic heterocycles. The molecule has 0 fully saturated rings. The number of primary sulfonamides is 1. The van der Waals surface area contributed by atoms with Gasteiger partial charge in [-0.2, -0.15) is 0 Å². The lowest BCUT2D eigenvalue weighted by Gasteiger charge is -2.19. The molecule has 0 atom stereocenters. The van der Waals surface area contributed by atoms with E-state index in [1.807, 2.05) is 26.8 Å². The minimum Gasteiger partial charge on any atom is -0.460 e. The number of sulfonamides is 1. The molecule has 0 saturated carbocycles. The van der Waals surface area contributed by atoms with Crippen LogP contribution in [0.15, 0.2) is 29.2 Å². The van der Waals surface area contributed by atoms with Crippen LogP contribution in [0.3, 0.4) is 0 Å². The lowest BCUT2D eigenvalue weighted by molar-refractivity contribution is -0.154. The van der Waals surface area contributed by atoms with Crippen molar-refractivity contribution >= 4 is 16.0 Å². The van der Waals surface area contributed by atoms with Gasteiger partial charge in [-0.05, 0) is 57.7 Å². The summed E-state index contributed by atoms with van der Waals surface area (Å²) in [5, 5.41) is 5.20. The molecule has 34 heavy (non-hydrogen) atoms. The van der Waals surface area contributed by atoms with Gasteiger partial charge in [0.1, 0.15) is 5.60 Å². The number of hydrogen-bond acceptors (Lipinski definition) is 4. The molecular formula is C28H49NO4S. The van der Waals surface area contributed by atoms with E-state index in [9.17, 15) is 13.2 Å². The standard InChI is InChI=1S/C28H49NO4S/c1-28(2,3)33-27(30)23-18-16-14-12-10-8-6-4-5-7-9-11-13-15-17-20-25-21-19-22-26(24-25)34(29,31)32/h19,21-22,24H,4-18,20,23H2,1-3H3,(H2,29,31,32). The molecule has 1 aromatic carbocycles. The normalized spacial score (nSPS) is 12.1. The van der Waals surface area contributed by atoms with Gasteiger partial charge in [-0.15, -0.1) is 0 Å². The van der Waals surface area contributed by atoms with Crippen molar-refractivity contribution in [2.45, 2.75) is 140 Å². The third-order valence-corrected chi connectivity index (χ3v) is 6.90. The summed E-state index contributed by atoms with van der Waals surface area (Å²) in [5.74, 6) is -0.0689.